The van der Waals surface area contributed by atoms with E-state index in [9.17, 15) is 13.2 Å². The summed E-state index contributed by atoms with van der Waals surface area (Å²) in [5.74, 6) is -0.243. The Kier molecular flexibility index (Phi) is 3.77. The largest absolute Gasteiger partial charge is 0.395 e. The van der Waals surface area contributed by atoms with Crippen molar-refractivity contribution in [2.75, 3.05) is 23.8 Å². The van der Waals surface area contributed by atoms with Crippen LogP contribution in [0.5, 0.6) is 0 Å². The second kappa shape index (κ2) is 5.08. The van der Waals surface area contributed by atoms with Crippen molar-refractivity contribution in [2.24, 2.45) is 0 Å². The van der Waals surface area contributed by atoms with Gasteiger partial charge in [-0.05, 0) is 20.8 Å². The number of nitrogens with zero attached hydrogens (tertiary/aromatic N) is 3. The topological polar surface area (TPSA) is 98.3 Å². The lowest BCUT2D eigenvalue weighted by atomic mass is 10.2. The fraction of sp³-hybridized carbons (Fsp3) is 0.667. The molecule has 2 rings (SSSR count). The molecule has 112 valence electrons. The molecule has 1 aliphatic heterocycles. The number of nitrogens with two attached hydrogens (primary N) is 1. The first-order valence-electron chi connectivity index (χ1n) is 6.61. The number of hydrogen-bond acceptors (Lipinski definition) is 5. The van der Waals surface area contributed by atoms with Gasteiger partial charge in [0.05, 0.1) is 22.9 Å². The van der Waals surface area contributed by atoms with E-state index in [2.05, 4.69) is 5.10 Å². The number of aromatic nitrogens is 2. The number of carbonyl (C=O) groups excluding carboxylic acids is 1. The second-order valence-corrected chi connectivity index (χ2v) is 7.35. The Bertz CT molecular complexity index is 635. The Morgan fingerprint density at radius 1 is 1.50 bits per heavy atom. The van der Waals surface area contributed by atoms with Crippen LogP contribution in [0.3, 0.4) is 0 Å². The van der Waals surface area contributed by atoms with Crippen LogP contribution < -0.4 is 5.73 Å². The molecule has 1 unspecified atom stereocenters. The highest BCUT2D eigenvalue weighted by atomic mass is 32.2. The second-order valence-electron chi connectivity index (χ2n) is 5.13. The van der Waals surface area contributed by atoms with Gasteiger partial charge in [-0.25, -0.2) is 8.42 Å². The molecule has 1 atom stereocenters. The van der Waals surface area contributed by atoms with E-state index < -0.39 is 9.84 Å². The molecule has 1 aromatic heterocycles. The van der Waals surface area contributed by atoms with Crippen molar-refractivity contribution in [2.45, 2.75) is 33.4 Å². The summed E-state index contributed by atoms with van der Waals surface area (Å²) in [6, 6.07) is -0.346. The maximum absolute atomic E-state index is 12.6. The highest BCUT2D eigenvalue weighted by molar-refractivity contribution is 7.91. The number of carbonyl (C=O) groups is 1. The molecule has 8 heteroatoms. The average Bonchev–Trinajstić information content (AvgIpc) is 2.63. The Morgan fingerprint density at radius 2 is 2.15 bits per heavy atom. The van der Waals surface area contributed by atoms with Gasteiger partial charge in [0.15, 0.2) is 9.84 Å². The zero-order valence-electron chi connectivity index (χ0n) is 12.0. The smallest absolute Gasteiger partial charge is 0.274 e. The number of hydrogen-bond donors (Lipinski definition) is 1. The minimum Gasteiger partial charge on any atom is -0.395 e. The van der Waals surface area contributed by atoms with Gasteiger partial charge in [0.2, 0.25) is 0 Å². The van der Waals surface area contributed by atoms with Crippen LogP contribution in [-0.4, -0.2) is 53.1 Å². The molecular formula is C12H20N4O3S. The lowest BCUT2D eigenvalue weighted by molar-refractivity contribution is 0.0701. The third-order valence-electron chi connectivity index (χ3n) is 3.61. The summed E-state index contributed by atoms with van der Waals surface area (Å²) in [7, 11) is -3.05. The van der Waals surface area contributed by atoms with E-state index in [0.29, 0.717) is 23.6 Å². The van der Waals surface area contributed by atoms with E-state index in [-0.39, 0.29) is 30.0 Å². The first kappa shape index (κ1) is 14.8. The molecule has 0 spiro atoms. The lowest BCUT2D eigenvalue weighted by Crippen LogP contribution is -2.50. The summed E-state index contributed by atoms with van der Waals surface area (Å²) in [5.41, 5.74) is 7.28. The summed E-state index contributed by atoms with van der Waals surface area (Å²) in [6.45, 7) is 6.12. The normalized spacial score (nSPS) is 21.9. The van der Waals surface area contributed by atoms with E-state index in [1.54, 1.807) is 23.4 Å². The van der Waals surface area contributed by atoms with Crippen molar-refractivity contribution < 1.29 is 13.2 Å². The number of anilines is 1. The van der Waals surface area contributed by atoms with Gasteiger partial charge >= 0.3 is 0 Å². The van der Waals surface area contributed by atoms with Crippen LogP contribution in [0.2, 0.25) is 0 Å². The van der Waals surface area contributed by atoms with E-state index in [1.807, 2.05) is 6.92 Å². The van der Waals surface area contributed by atoms with E-state index in [4.69, 9.17) is 5.73 Å². The molecule has 2 heterocycles. The number of amides is 1. The highest BCUT2D eigenvalue weighted by Gasteiger charge is 2.34. The van der Waals surface area contributed by atoms with Gasteiger partial charge in [0.1, 0.15) is 5.69 Å². The SMILES string of the molecule is CCn1nc(C)c(N)c1C(=O)N1CCS(=O)(=O)CC1C. The summed E-state index contributed by atoms with van der Waals surface area (Å²) in [6.07, 6.45) is 0. The van der Waals surface area contributed by atoms with Crippen molar-refractivity contribution in [3.05, 3.63) is 11.4 Å². The van der Waals surface area contributed by atoms with Gasteiger partial charge in [0, 0.05) is 19.1 Å². The minimum absolute atomic E-state index is 0.00209. The zero-order chi connectivity index (χ0) is 15.1. The molecule has 0 aliphatic carbocycles. The maximum Gasteiger partial charge on any atom is 0.274 e. The molecule has 1 fully saturated rings. The summed E-state index contributed by atoms with van der Waals surface area (Å²) < 4.78 is 24.7. The average molecular weight is 300 g/mol. The molecule has 0 aromatic carbocycles. The predicted molar refractivity (Wildman–Crippen MR) is 76.2 cm³/mol. The molecule has 0 radical (unpaired) electrons. The molecule has 1 amide bonds. The molecule has 0 saturated carbocycles. The van der Waals surface area contributed by atoms with Crippen LogP contribution in [0.4, 0.5) is 5.69 Å². The summed E-state index contributed by atoms with van der Waals surface area (Å²) >= 11 is 0. The number of aryl methyl sites for hydroxylation is 2. The first-order valence-corrected chi connectivity index (χ1v) is 8.43. The minimum atomic E-state index is -3.05. The van der Waals surface area contributed by atoms with Crippen LogP contribution in [0, 0.1) is 6.92 Å². The van der Waals surface area contributed by atoms with E-state index in [1.165, 1.54) is 0 Å². The third-order valence-corrected chi connectivity index (χ3v) is 5.40. The highest BCUT2D eigenvalue weighted by Crippen LogP contribution is 2.21. The molecule has 2 N–H and O–H groups in total. The lowest BCUT2D eigenvalue weighted by Gasteiger charge is -2.33. The van der Waals surface area contributed by atoms with Gasteiger partial charge in [-0.2, -0.15) is 5.10 Å². The predicted octanol–water partition coefficient (Wildman–Crippen LogP) is 0.0527. The number of nitrogen functional groups attached to an aromatic ring is 1. The summed E-state index contributed by atoms with van der Waals surface area (Å²) in [4.78, 5) is 14.2. The molecule has 1 aromatic rings. The van der Waals surface area contributed by atoms with E-state index >= 15 is 0 Å². The van der Waals surface area contributed by atoms with Crippen molar-refractivity contribution in [3.63, 3.8) is 0 Å². The Balaban J connectivity index is 2.33. The molecule has 1 saturated heterocycles. The van der Waals surface area contributed by atoms with Crippen LogP contribution in [-0.2, 0) is 16.4 Å². The number of rotatable bonds is 2. The van der Waals surface area contributed by atoms with Gasteiger partial charge in [-0.1, -0.05) is 0 Å². The molecule has 1 aliphatic rings. The molecule has 20 heavy (non-hydrogen) atoms. The van der Waals surface area contributed by atoms with E-state index in [0.717, 1.165) is 0 Å². The third kappa shape index (κ3) is 2.52. The van der Waals surface area contributed by atoms with Gasteiger partial charge < -0.3 is 10.6 Å². The Labute approximate surface area is 118 Å². The van der Waals surface area contributed by atoms with Crippen LogP contribution in [0.15, 0.2) is 0 Å². The number of sulfone groups is 1. The van der Waals surface area contributed by atoms with Crippen molar-refractivity contribution >= 4 is 21.4 Å². The quantitative estimate of drug-likeness (QED) is 0.832. The molecule has 7 nitrogen and oxygen atoms in total. The van der Waals surface area contributed by atoms with Crippen molar-refractivity contribution in [3.8, 4) is 0 Å². The Hall–Kier alpha value is -1.57. The Morgan fingerprint density at radius 3 is 2.70 bits per heavy atom. The van der Waals surface area contributed by atoms with Crippen molar-refractivity contribution in [1.82, 2.24) is 14.7 Å². The van der Waals surface area contributed by atoms with Crippen LogP contribution >= 0.6 is 0 Å². The molecular weight excluding hydrogens is 280 g/mol. The van der Waals surface area contributed by atoms with Crippen LogP contribution in [0.1, 0.15) is 30.0 Å². The standard InChI is InChI=1S/C12H20N4O3S/c1-4-16-11(10(13)9(3)14-16)12(17)15-5-6-20(18,19)7-8(15)2/h8H,4-7,13H2,1-3H3. The van der Waals surface area contributed by atoms with Gasteiger partial charge in [0.25, 0.3) is 5.91 Å². The fourth-order valence-corrected chi connectivity index (χ4v) is 4.04. The summed E-state index contributed by atoms with van der Waals surface area (Å²) in [5, 5.41) is 4.22. The monoisotopic (exact) mass is 300 g/mol. The van der Waals surface area contributed by atoms with Gasteiger partial charge in [-0.3, -0.25) is 9.48 Å². The van der Waals surface area contributed by atoms with Gasteiger partial charge in [-0.15, -0.1) is 0 Å². The van der Waals surface area contributed by atoms with Crippen LogP contribution in [0.25, 0.3) is 0 Å². The molecule has 0 bridgehead atoms. The zero-order valence-corrected chi connectivity index (χ0v) is 12.8. The first-order chi connectivity index (χ1) is 9.26. The van der Waals surface area contributed by atoms with Crippen molar-refractivity contribution in [1.29, 1.82) is 0 Å². The fourth-order valence-electron chi connectivity index (χ4n) is 2.49. The maximum atomic E-state index is 12.6.